The maximum atomic E-state index is 12.4. The van der Waals surface area contributed by atoms with Crippen molar-refractivity contribution in [2.45, 2.75) is 12.3 Å². The molecule has 1 amide bonds. The van der Waals surface area contributed by atoms with Gasteiger partial charge in [-0.3, -0.25) is 4.79 Å². The molecule has 0 radical (unpaired) electrons. The summed E-state index contributed by atoms with van der Waals surface area (Å²) in [6, 6.07) is 15.1. The van der Waals surface area contributed by atoms with Gasteiger partial charge in [-0.1, -0.05) is 42.5 Å². The van der Waals surface area contributed by atoms with Crippen molar-refractivity contribution in [2.24, 2.45) is 0 Å². The number of fused-ring (bicyclic) bond motifs is 1. The Labute approximate surface area is 162 Å². The molecule has 1 aliphatic heterocycles. The van der Waals surface area contributed by atoms with Gasteiger partial charge in [-0.25, -0.2) is 4.68 Å². The van der Waals surface area contributed by atoms with E-state index < -0.39 is 0 Å². The highest BCUT2D eigenvalue weighted by Gasteiger charge is 2.32. The van der Waals surface area contributed by atoms with Crippen molar-refractivity contribution in [1.82, 2.24) is 9.78 Å². The molecule has 0 unspecified atom stereocenters. The summed E-state index contributed by atoms with van der Waals surface area (Å²) in [5.41, 5.74) is 2.75. The number of hydrogen-bond acceptors (Lipinski definition) is 3. The molecule has 2 heterocycles. The minimum absolute atomic E-state index is 0.0539. The second-order valence-corrected chi connectivity index (χ2v) is 6.72. The number of amides is 1. The van der Waals surface area contributed by atoms with Crippen LogP contribution in [0.25, 0.3) is 5.69 Å². The van der Waals surface area contributed by atoms with Crippen LogP contribution in [0.15, 0.2) is 67.4 Å². The number of para-hydroxylation sites is 1. The summed E-state index contributed by atoms with van der Waals surface area (Å²) in [6.45, 7) is 4.11. The highest BCUT2D eigenvalue weighted by atomic mass is 35.5. The Kier molecular flexibility index (Phi) is 4.69. The third kappa shape index (κ3) is 3.34. The molecule has 0 saturated heterocycles. The number of aromatic nitrogens is 2. The predicted octanol–water partition coefficient (Wildman–Crippen LogP) is 4.56. The minimum Gasteiger partial charge on any atom is -0.489 e. The molecule has 0 aliphatic carbocycles. The lowest BCUT2D eigenvalue weighted by molar-refractivity contribution is -0.116. The Balaban J connectivity index is 1.78. The van der Waals surface area contributed by atoms with E-state index in [9.17, 15) is 4.79 Å². The minimum atomic E-state index is -0.129. The third-order valence-corrected chi connectivity index (χ3v) is 4.79. The Morgan fingerprint density at radius 1 is 1.22 bits per heavy atom. The molecule has 1 aromatic heterocycles. The molecule has 1 N–H and O–H groups in total. The second kappa shape index (κ2) is 7.29. The highest BCUT2D eigenvalue weighted by Crippen LogP contribution is 2.41. The molecule has 0 bridgehead atoms. The van der Waals surface area contributed by atoms with Crippen LogP contribution in [-0.4, -0.2) is 22.3 Å². The number of anilines is 1. The van der Waals surface area contributed by atoms with Gasteiger partial charge < -0.3 is 10.1 Å². The summed E-state index contributed by atoms with van der Waals surface area (Å²) in [6.07, 6.45) is 3.85. The van der Waals surface area contributed by atoms with Gasteiger partial charge >= 0.3 is 0 Å². The number of rotatable bonds is 5. The fraction of sp³-hybridized carbons (Fsp3) is 0.143. The summed E-state index contributed by atoms with van der Waals surface area (Å²) in [4.78, 5) is 12.4. The van der Waals surface area contributed by atoms with Gasteiger partial charge in [-0.15, -0.1) is 0 Å². The molecular formula is C21H18ClN3O2. The van der Waals surface area contributed by atoms with Crippen LogP contribution in [0, 0.1) is 0 Å². The van der Waals surface area contributed by atoms with E-state index in [0.717, 1.165) is 22.6 Å². The number of halogens is 1. The normalized spacial score (nSPS) is 15.7. The van der Waals surface area contributed by atoms with Crippen LogP contribution < -0.4 is 10.1 Å². The third-order valence-electron chi connectivity index (χ3n) is 4.54. The van der Waals surface area contributed by atoms with Gasteiger partial charge in [0, 0.05) is 28.5 Å². The summed E-state index contributed by atoms with van der Waals surface area (Å²) in [5.74, 6) is 1.25. The first kappa shape index (κ1) is 17.4. The highest BCUT2D eigenvalue weighted by molar-refractivity contribution is 6.30. The first-order valence-corrected chi connectivity index (χ1v) is 9.01. The van der Waals surface area contributed by atoms with Gasteiger partial charge in [0.1, 0.15) is 18.2 Å². The van der Waals surface area contributed by atoms with E-state index in [2.05, 4.69) is 17.0 Å². The van der Waals surface area contributed by atoms with Crippen LogP contribution in [0.4, 0.5) is 5.82 Å². The van der Waals surface area contributed by atoms with Crippen LogP contribution in [0.5, 0.6) is 5.75 Å². The topological polar surface area (TPSA) is 56.1 Å². The average molecular weight is 380 g/mol. The fourth-order valence-corrected chi connectivity index (χ4v) is 3.45. The van der Waals surface area contributed by atoms with Gasteiger partial charge in [0.15, 0.2) is 0 Å². The molecule has 1 atom stereocenters. The van der Waals surface area contributed by atoms with Gasteiger partial charge in [0.25, 0.3) is 0 Å². The molecule has 136 valence electrons. The average Bonchev–Trinajstić information content (AvgIpc) is 3.10. The molecule has 1 aliphatic rings. The maximum Gasteiger partial charge on any atom is 0.226 e. The van der Waals surface area contributed by atoms with E-state index in [4.69, 9.17) is 16.3 Å². The molecule has 4 rings (SSSR count). The number of ether oxygens (including phenoxy) is 1. The maximum absolute atomic E-state index is 12.4. The van der Waals surface area contributed by atoms with Gasteiger partial charge in [-0.05, 0) is 30.3 Å². The molecule has 0 saturated carbocycles. The van der Waals surface area contributed by atoms with Crippen molar-refractivity contribution in [3.8, 4) is 11.4 Å². The molecule has 2 aromatic carbocycles. The number of carbonyl (C=O) groups is 1. The molecule has 5 nitrogen and oxygen atoms in total. The van der Waals surface area contributed by atoms with E-state index in [1.165, 1.54) is 0 Å². The number of nitrogens with zero attached hydrogens (tertiary/aromatic N) is 2. The van der Waals surface area contributed by atoms with Crippen LogP contribution in [0.3, 0.4) is 0 Å². The van der Waals surface area contributed by atoms with E-state index in [1.54, 1.807) is 29.1 Å². The Morgan fingerprint density at radius 3 is 2.78 bits per heavy atom. The largest absolute Gasteiger partial charge is 0.489 e. The molecule has 27 heavy (non-hydrogen) atoms. The second-order valence-electron chi connectivity index (χ2n) is 6.28. The van der Waals surface area contributed by atoms with E-state index >= 15 is 0 Å². The summed E-state index contributed by atoms with van der Waals surface area (Å²) in [5, 5.41) is 8.11. The Hall–Kier alpha value is -3.05. The van der Waals surface area contributed by atoms with Crippen LogP contribution in [-0.2, 0) is 4.79 Å². The van der Waals surface area contributed by atoms with Crippen molar-refractivity contribution >= 4 is 23.3 Å². The lowest BCUT2D eigenvalue weighted by Gasteiger charge is -2.25. The van der Waals surface area contributed by atoms with Crippen molar-refractivity contribution < 1.29 is 9.53 Å². The number of nitrogens with one attached hydrogen (secondary N) is 1. The molecule has 3 aromatic rings. The number of carbonyl (C=O) groups excluding carboxylic acids is 1. The first-order valence-electron chi connectivity index (χ1n) is 8.63. The zero-order valence-corrected chi connectivity index (χ0v) is 15.3. The summed E-state index contributed by atoms with van der Waals surface area (Å²) in [7, 11) is 0. The van der Waals surface area contributed by atoms with Crippen molar-refractivity contribution in [2.75, 3.05) is 11.9 Å². The smallest absolute Gasteiger partial charge is 0.226 e. The van der Waals surface area contributed by atoms with Crippen LogP contribution in [0.1, 0.15) is 23.5 Å². The zero-order chi connectivity index (χ0) is 18.8. The van der Waals surface area contributed by atoms with E-state index in [-0.39, 0.29) is 11.8 Å². The van der Waals surface area contributed by atoms with E-state index in [1.807, 2.05) is 36.4 Å². The van der Waals surface area contributed by atoms with Crippen molar-refractivity contribution in [3.05, 3.63) is 83.5 Å². The quantitative estimate of drug-likeness (QED) is 0.661. The number of benzene rings is 2. The van der Waals surface area contributed by atoms with Gasteiger partial charge in [-0.2, -0.15) is 5.10 Å². The lowest BCUT2D eigenvalue weighted by atomic mass is 9.87. The standard InChI is InChI=1S/C21H18ClN3O2/c1-2-11-27-19-6-4-3-5-16(19)17-12-20(26)24-21-18(17)13-23-25(21)15-9-7-14(22)8-10-15/h2-10,13,17H,1,11-12H2,(H,24,26)/t17-/m0/s1. The number of hydrogen-bond donors (Lipinski definition) is 1. The fourth-order valence-electron chi connectivity index (χ4n) is 3.32. The Morgan fingerprint density at radius 2 is 2.00 bits per heavy atom. The predicted molar refractivity (Wildman–Crippen MR) is 106 cm³/mol. The van der Waals surface area contributed by atoms with E-state index in [0.29, 0.717) is 23.9 Å². The molecular weight excluding hydrogens is 362 g/mol. The molecule has 0 spiro atoms. The molecule has 6 heteroatoms. The monoisotopic (exact) mass is 379 g/mol. The van der Waals surface area contributed by atoms with Gasteiger partial charge in [0.05, 0.1) is 11.9 Å². The molecule has 0 fully saturated rings. The first-order chi connectivity index (χ1) is 13.2. The summed E-state index contributed by atoms with van der Waals surface area (Å²) >= 11 is 5.98. The Bertz CT molecular complexity index is 995. The lowest BCUT2D eigenvalue weighted by Crippen LogP contribution is -2.24. The summed E-state index contributed by atoms with van der Waals surface area (Å²) < 4.78 is 7.53. The zero-order valence-electron chi connectivity index (χ0n) is 14.6. The van der Waals surface area contributed by atoms with Crippen LogP contribution >= 0.6 is 11.6 Å². The van der Waals surface area contributed by atoms with Gasteiger partial charge in [0.2, 0.25) is 5.91 Å². The van der Waals surface area contributed by atoms with Crippen molar-refractivity contribution in [3.63, 3.8) is 0 Å². The van der Waals surface area contributed by atoms with Crippen LogP contribution in [0.2, 0.25) is 5.02 Å². The SMILES string of the molecule is C=CCOc1ccccc1[C@@H]1CC(=O)Nc2c1cnn2-c1ccc(Cl)cc1. The van der Waals surface area contributed by atoms with Crippen molar-refractivity contribution in [1.29, 1.82) is 0 Å².